The number of nitrogens with zero attached hydrogens (tertiary/aromatic N) is 3. The molecule has 2 aromatic carbocycles. The van der Waals surface area contributed by atoms with Crippen LogP contribution in [0, 0.1) is 5.82 Å². The molecule has 6 nitrogen and oxygen atoms in total. The van der Waals surface area contributed by atoms with Gasteiger partial charge in [0.15, 0.2) is 11.6 Å². The predicted octanol–water partition coefficient (Wildman–Crippen LogP) is 2.90. The summed E-state index contributed by atoms with van der Waals surface area (Å²) in [6, 6.07) is 11.5. The number of fused-ring (bicyclic) bond motifs is 1. The van der Waals surface area contributed by atoms with E-state index in [2.05, 4.69) is 5.10 Å². The third-order valence-corrected chi connectivity index (χ3v) is 6.86. The van der Waals surface area contributed by atoms with E-state index in [1.165, 1.54) is 23.5 Å². The van der Waals surface area contributed by atoms with Crippen LogP contribution in [0.2, 0.25) is 0 Å². The molecule has 0 fully saturated rings. The molecule has 1 aromatic heterocycles. The summed E-state index contributed by atoms with van der Waals surface area (Å²) in [6.07, 6.45) is 3.65. The van der Waals surface area contributed by atoms with E-state index in [4.69, 9.17) is 4.74 Å². The maximum atomic E-state index is 14.1. The first-order chi connectivity index (χ1) is 13.4. The van der Waals surface area contributed by atoms with Crippen LogP contribution in [0.5, 0.6) is 5.75 Å². The van der Waals surface area contributed by atoms with Gasteiger partial charge in [-0.1, -0.05) is 24.3 Å². The third kappa shape index (κ3) is 3.18. The van der Waals surface area contributed by atoms with Gasteiger partial charge in [-0.25, -0.2) is 12.8 Å². The van der Waals surface area contributed by atoms with Crippen molar-refractivity contribution >= 4 is 10.0 Å². The second-order valence-corrected chi connectivity index (χ2v) is 8.73. The van der Waals surface area contributed by atoms with E-state index < -0.39 is 15.8 Å². The van der Waals surface area contributed by atoms with Crippen LogP contribution >= 0.6 is 0 Å². The molecular formula is C20H20FN3O3S. The van der Waals surface area contributed by atoms with E-state index in [-0.39, 0.29) is 29.7 Å². The predicted molar refractivity (Wildman–Crippen MR) is 102 cm³/mol. The molecule has 1 aliphatic rings. The van der Waals surface area contributed by atoms with Crippen molar-refractivity contribution < 1.29 is 17.5 Å². The second kappa shape index (κ2) is 7.03. The average Bonchev–Trinajstić information content (AvgIpc) is 3.13. The summed E-state index contributed by atoms with van der Waals surface area (Å²) >= 11 is 0. The lowest BCUT2D eigenvalue weighted by atomic mass is 9.87. The number of halogens is 1. The maximum Gasteiger partial charge on any atom is 0.243 e. The van der Waals surface area contributed by atoms with Crippen LogP contribution in [0.1, 0.15) is 22.6 Å². The lowest BCUT2D eigenvalue weighted by Crippen LogP contribution is -2.38. The first kappa shape index (κ1) is 18.6. The number of aryl methyl sites for hydroxylation is 1. The molecule has 2 heterocycles. The van der Waals surface area contributed by atoms with E-state index in [0.29, 0.717) is 0 Å². The van der Waals surface area contributed by atoms with Gasteiger partial charge in [-0.2, -0.15) is 9.40 Å². The van der Waals surface area contributed by atoms with Crippen molar-refractivity contribution in [1.29, 1.82) is 0 Å². The van der Waals surface area contributed by atoms with Crippen molar-refractivity contribution in [3.05, 3.63) is 77.4 Å². The Morgan fingerprint density at radius 3 is 2.68 bits per heavy atom. The minimum atomic E-state index is -3.88. The number of benzene rings is 2. The number of sulfonamides is 1. The van der Waals surface area contributed by atoms with Crippen LogP contribution in [0.4, 0.5) is 4.39 Å². The molecule has 0 saturated heterocycles. The van der Waals surface area contributed by atoms with Gasteiger partial charge < -0.3 is 4.74 Å². The van der Waals surface area contributed by atoms with Gasteiger partial charge in [-0.15, -0.1) is 0 Å². The molecule has 28 heavy (non-hydrogen) atoms. The standard InChI is InChI=1S/C20H20FN3O3S/c1-23-11-15(10-22-23)18-13-24(12-14-5-3-4-6-17(14)18)28(25,26)16-7-8-20(27-2)19(21)9-16/h3-11,18H,12-13H2,1-2H3. The Morgan fingerprint density at radius 1 is 1.21 bits per heavy atom. The molecule has 0 amide bonds. The van der Waals surface area contributed by atoms with Crippen LogP contribution in [0.15, 0.2) is 59.8 Å². The lowest BCUT2D eigenvalue weighted by Gasteiger charge is -2.33. The molecule has 0 radical (unpaired) electrons. The summed E-state index contributed by atoms with van der Waals surface area (Å²) in [5, 5.41) is 4.23. The highest BCUT2D eigenvalue weighted by Crippen LogP contribution is 2.36. The van der Waals surface area contributed by atoms with Crippen molar-refractivity contribution in [3.63, 3.8) is 0 Å². The molecule has 0 bridgehead atoms. The molecule has 8 heteroatoms. The number of hydrogen-bond acceptors (Lipinski definition) is 4. The van der Waals surface area contributed by atoms with Crippen LogP contribution in [0.25, 0.3) is 0 Å². The Labute approximate surface area is 163 Å². The van der Waals surface area contributed by atoms with E-state index in [9.17, 15) is 12.8 Å². The molecule has 0 spiro atoms. The van der Waals surface area contributed by atoms with E-state index in [0.717, 1.165) is 22.8 Å². The Hall–Kier alpha value is -2.71. The zero-order valence-electron chi connectivity index (χ0n) is 15.5. The molecule has 0 N–H and O–H groups in total. The molecule has 1 atom stereocenters. The summed E-state index contributed by atoms with van der Waals surface area (Å²) in [5.41, 5.74) is 2.96. The molecular weight excluding hydrogens is 381 g/mol. The molecule has 0 saturated carbocycles. The summed E-state index contributed by atoms with van der Waals surface area (Å²) < 4.78 is 48.6. The van der Waals surface area contributed by atoms with Crippen LogP contribution in [-0.2, 0) is 23.6 Å². The Balaban J connectivity index is 1.75. The number of rotatable bonds is 4. The summed E-state index contributed by atoms with van der Waals surface area (Å²) in [7, 11) is -0.710. The van der Waals surface area contributed by atoms with E-state index in [1.54, 1.807) is 10.9 Å². The van der Waals surface area contributed by atoms with Crippen LogP contribution < -0.4 is 4.74 Å². The van der Waals surface area contributed by atoms with Crippen molar-refractivity contribution in [2.24, 2.45) is 7.05 Å². The van der Waals surface area contributed by atoms with Crippen molar-refractivity contribution in [2.45, 2.75) is 17.4 Å². The van der Waals surface area contributed by atoms with Gasteiger partial charge in [0.2, 0.25) is 10.0 Å². The van der Waals surface area contributed by atoms with Crippen molar-refractivity contribution in [2.75, 3.05) is 13.7 Å². The number of hydrogen-bond donors (Lipinski definition) is 0. The zero-order valence-corrected chi connectivity index (χ0v) is 16.4. The molecule has 4 rings (SSSR count). The first-order valence-electron chi connectivity index (χ1n) is 8.80. The Kier molecular flexibility index (Phi) is 4.68. The maximum absolute atomic E-state index is 14.1. The third-order valence-electron chi connectivity index (χ3n) is 5.05. The normalized spacial score (nSPS) is 17.3. The second-order valence-electron chi connectivity index (χ2n) is 6.79. The fraction of sp³-hybridized carbons (Fsp3) is 0.250. The van der Waals surface area contributed by atoms with Crippen LogP contribution in [0.3, 0.4) is 0 Å². The van der Waals surface area contributed by atoms with Gasteiger partial charge in [0.25, 0.3) is 0 Å². The van der Waals surface area contributed by atoms with Crippen molar-refractivity contribution in [3.8, 4) is 5.75 Å². The summed E-state index contributed by atoms with van der Waals surface area (Å²) in [6.45, 7) is 0.502. The highest BCUT2D eigenvalue weighted by molar-refractivity contribution is 7.89. The van der Waals surface area contributed by atoms with Gasteiger partial charge in [0.1, 0.15) is 0 Å². The van der Waals surface area contributed by atoms with Gasteiger partial charge >= 0.3 is 0 Å². The quantitative estimate of drug-likeness (QED) is 0.674. The Morgan fingerprint density at radius 2 is 2.00 bits per heavy atom. The molecule has 3 aromatic rings. The zero-order chi connectivity index (χ0) is 19.9. The fourth-order valence-electron chi connectivity index (χ4n) is 3.62. The summed E-state index contributed by atoms with van der Waals surface area (Å²) in [4.78, 5) is -0.0879. The molecule has 146 valence electrons. The topological polar surface area (TPSA) is 64.4 Å². The Bertz CT molecular complexity index is 1130. The molecule has 1 unspecified atom stereocenters. The lowest BCUT2D eigenvalue weighted by molar-refractivity contribution is 0.369. The highest BCUT2D eigenvalue weighted by Gasteiger charge is 2.34. The van der Waals surface area contributed by atoms with E-state index in [1.807, 2.05) is 37.5 Å². The molecule has 0 aliphatic carbocycles. The van der Waals surface area contributed by atoms with Gasteiger partial charge in [0, 0.05) is 32.3 Å². The number of aromatic nitrogens is 2. The first-order valence-corrected chi connectivity index (χ1v) is 10.2. The smallest absolute Gasteiger partial charge is 0.243 e. The van der Waals surface area contributed by atoms with E-state index >= 15 is 0 Å². The van der Waals surface area contributed by atoms with Gasteiger partial charge in [0.05, 0.1) is 18.2 Å². The number of ether oxygens (including phenoxy) is 1. The summed E-state index contributed by atoms with van der Waals surface area (Å²) in [5.74, 6) is -0.836. The fourth-order valence-corrected chi connectivity index (χ4v) is 5.06. The average molecular weight is 401 g/mol. The van der Waals surface area contributed by atoms with Gasteiger partial charge in [-0.3, -0.25) is 4.68 Å². The minimum absolute atomic E-state index is 0.0103. The largest absolute Gasteiger partial charge is 0.494 e. The SMILES string of the molecule is COc1ccc(S(=O)(=O)N2Cc3ccccc3C(c3cnn(C)c3)C2)cc1F. The minimum Gasteiger partial charge on any atom is -0.494 e. The van der Waals surface area contributed by atoms with Crippen molar-refractivity contribution in [1.82, 2.24) is 14.1 Å². The van der Waals surface area contributed by atoms with Gasteiger partial charge in [-0.05, 0) is 34.9 Å². The monoisotopic (exact) mass is 401 g/mol. The van der Waals surface area contributed by atoms with Crippen LogP contribution in [-0.4, -0.2) is 36.2 Å². The number of methoxy groups -OCH3 is 1. The molecule has 1 aliphatic heterocycles. The highest BCUT2D eigenvalue weighted by atomic mass is 32.2.